The van der Waals surface area contributed by atoms with Gasteiger partial charge in [0.15, 0.2) is 5.13 Å². The molecule has 5 nitrogen and oxygen atoms in total. The van der Waals surface area contributed by atoms with Crippen molar-refractivity contribution >= 4 is 33.9 Å². The summed E-state index contributed by atoms with van der Waals surface area (Å²) < 4.78 is 0. The van der Waals surface area contributed by atoms with E-state index in [1.165, 1.54) is 11.3 Å². The van der Waals surface area contributed by atoms with Crippen LogP contribution in [0.2, 0.25) is 0 Å². The molecule has 1 aromatic heterocycles. The average molecular weight is 304 g/mol. The number of anilines is 3. The molecule has 0 aliphatic rings. The van der Waals surface area contributed by atoms with E-state index in [1.807, 2.05) is 52.0 Å². The number of aryl methyl sites for hydroxylation is 1. The van der Waals surface area contributed by atoms with Gasteiger partial charge in [-0.3, -0.25) is 4.79 Å². The molecule has 1 amide bonds. The first-order valence-corrected chi connectivity index (χ1v) is 7.49. The fourth-order valence-corrected chi connectivity index (χ4v) is 2.77. The first kappa shape index (κ1) is 15.3. The number of thiazole rings is 1. The van der Waals surface area contributed by atoms with Gasteiger partial charge in [-0.2, -0.15) is 0 Å². The van der Waals surface area contributed by atoms with E-state index >= 15 is 0 Å². The predicted octanol–water partition coefficient (Wildman–Crippen LogP) is 3.50. The zero-order valence-corrected chi connectivity index (χ0v) is 13.5. The minimum absolute atomic E-state index is 0.130. The lowest BCUT2D eigenvalue weighted by molar-refractivity contribution is 0.103. The Morgan fingerprint density at radius 2 is 2.05 bits per heavy atom. The molecule has 0 fully saturated rings. The quantitative estimate of drug-likeness (QED) is 0.811. The summed E-state index contributed by atoms with van der Waals surface area (Å²) in [6.45, 7) is 8.05. The minimum Gasteiger partial charge on any atom is -0.382 e. The molecule has 0 bridgehead atoms. The van der Waals surface area contributed by atoms with Crippen molar-refractivity contribution in [1.82, 2.24) is 4.98 Å². The second-order valence-corrected chi connectivity index (χ2v) is 6.93. The molecule has 0 aliphatic carbocycles. The van der Waals surface area contributed by atoms with Crippen LogP contribution < -0.4 is 16.4 Å². The lowest BCUT2D eigenvalue weighted by atomic mass is 10.1. The van der Waals surface area contributed by atoms with Gasteiger partial charge in [-0.25, -0.2) is 4.98 Å². The topological polar surface area (TPSA) is 80.0 Å². The van der Waals surface area contributed by atoms with E-state index in [2.05, 4.69) is 15.6 Å². The third-order valence-corrected chi connectivity index (χ3v) is 3.60. The predicted molar refractivity (Wildman–Crippen MR) is 89.0 cm³/mol. The highest BCUT2D eigenvalue weighted by Crippen LogP contribution is 2.28. The van der Waals surface area contributed by atoms with E-state index < -0.39 is 0 Å². The summed E-state index contributed by atoms with van der Waals surface area (Å²) in [6.07, 6.45) is 0. The molecule has 1 aromatic carbocycles. The van der Waals surface area contributed by atoms with Gasteiger partial charge in [0.1, 0.15) is 10.7 Å². The first-order valence-electron chi connectivity index (χ1n) is 6.67. The molecule has 4 N–H and O–H groups in total. The van der Waals surface area contributed by atoms with Crippen molar-refractivity contribution in [3.8, 4) is 0 Å². The monoisotopic (exact) mass is 304 g/mol. The molecule has 1 heterocycles. The van der Waals surface area contributed by atoms with Crippen LogP contribution in [0.1, 0.15) is 36.0 Å². The summed E-state index contributed by atoms with van der Waals surface area (Å²) in [7, 11) is 0. The Balaban J connectivity index is 2.16. The van der Waals surface area contributed by atoms with Crippen molar-refractivity contribution in [3.05, 3.63) is 34.7 Å². The Morgan fingerprint density at radius 3 is 2.67 bits per heavy atom. The van der Waals surface area contributed by atoms with Crippen LogP contribution in [-0.4, -0.2) is 16.4 Å². The van der Waals surface area contributed by atoms with Gasteiger partial charge in [0, 0.05) is 11.2 Å². The van der Waals surface area contributed by atoms with Crippen molar-refractivity contribution in [2.24, 2.45) is 0 Å². The molecular formula is C15H20N4OS. The van der Waals surface area contributed by atoms with Crippen LogP contribution in [0, 0.1) is 6.92 Å². The van der Waals surface area contributed by atoms with Crippen LogP contribution in [0.15, 0.2) is 24.3 Å². The van der Waals surface area contributed by atoms with E-state index in [9.17, 15) is 4.79 Å². The highest BCUT2D eigenvalue weighted by atomic mass is 32.1. The SMILES string of the molecule is Cc1cccc(NC(=O)c2sc(NC(C)(C)C)nc2N)c1. The number of aromatic nitrogens is 1. The molecule has 0 saturated heterocycles. The van der Waals surface area contributed by atoms with Gasteiger partial charge in [0.25, 0.3) is 5.91 Å². The third kappa shape index (κ3) is 4.19. The van der Waals surface area contributed by atoms with Crippen molar-refractivity contribution in [2.45, 2.75) is 33.2 Å². The molecule has 0 aliphatic heterocycles. The maximum Gasteiger partial charge on any atom is 0.269 e. The molecule has 21 heavy (non-hydrogen) atoms. The third-order valence-electron chi connectivity index (χ3n) is 2.62. The highest BCUT2D eigenvalue weighted by molar-refractivity contribution is 7.18. The molecule has 2 aromatic rings. The summed E-state index contributed by atoms with van der Waals surface area (Å²) in [5.74, 6) is 0.00876. The first-order chi connectivity index (χ1) is 9.74. The van der Waals surface area contributed by atoms with Crippen LogP contribution in [0.4, 0.5) is 16.6 Å². The van der Waals surface area contributed by atoms with Gasteiger partial charge < -0.3 is 16.4 Å². The van der Waals surface area contributed by atoms with Crippen molar-refractivity contribution in [3.63, 3.8) is 0 Å². The second-order valence-electron chi connectivity index (χ2n) is 5.93. The number of benzene rings is 1. The average Bonchev–Trinajstić information content (AvgIpc) is 2.67. The summed E-state index contributed by atoms with van der Waals surface area (Å²) in [4.78, 5) is 16.9. The molecule has 6 heteroatoms. The van der Waals surface area contributed by atoms with Crippen LogP contribution in [0.5, 0.6) is 0 Å². The number of nitrogens with two attached hydrogens (primary N) is 1. The summed E-state index contributed by atoms with van der Waals surface area (Å²) in [6, 6.07) is 7.62. The lowest BCUT2D eigenvalue weighted by Gasteiger charge is -2.19. The fraction of sp³-hybridized carbons (Fsp3) is 0.333. The molecule has 0 saturated carbocycles. The van der Waals surface area contributed by atoms with Gasteiger partial charge in [-0.05, 0) is 45.4 Å². The standard InChI is InChI=1S/C15H20N4OS/c1-9-6-5-7-10(8-9)17-13(20)11-12(16)18-14(21-11)19-15(2,3)4/h5-8H,16H2,1-4H3,(H,17,20)(H,18,19). The maximum atomic E-state index is 12.3. The molecule has 0 spiro atoms. The lowest BCUT2D eigenvalue weighted by Crippen LogP contribution is -2.25. The molecule has 0 radical (unpaired) electrons. The van der Waals surface area contributed by atoms with Crippen molar-refractivity contribution in [2.75, 3.05) is 16.4 Å². The Labute approximate surface area is 128 Å². The largest absolute Gasteiger partial charge is 0.382 e. The summed E-state index contributed by atoms with van der Waals surface area (Å²) in [5, 5.41) is 6.70. The van der Waals surface area contributed by atoms with Crippen LogP contribution in [0.3, 0.4) is 0 Å². The number of nitrogen functional groups attached to an aromatic ring is 1. The van der Waals surface area contributed by atoms with Gasteiger partial charge in [0.2, 0.25) is 0 Å². The van der Waals surface area contributed by atoms with E-state index in [0.29, 0.717) is 10.0 Å². The Hall–Kier alpha value is -2.08. The maximum absolute atomic E-state index is 12.3. The Bertz CT molecular complexity index is 658. The van der Waals surface area contributed by atoms with Gasteiger partial charge >= 0.3 is 0 Å². The van der Waals surface area contributed by atoms with Crippen LogP contribution in [-0.2, 0) is 0 Å². The summed E-state index contributed by atoms with van der Waals surface area (Å²) >= 11 is 1.26. The van der Waals surface area contributed by atoms with Crippen LogP contribution in [0.25, 0.3) is 0 Å². The number of hydrogen-bond acceptors (Lipinski definition) is 5. The second kappa shape index (κ2) is 5.73. The molecule has 0 atom stereocenters. The van der Waals surface area contributed by atoms with E-state index in [0.717, 1.165) is 11.3 Å². The van der Waals surface area contributed by atoms with E-state index in [-0.39, 0.29) is 17.3 Å². The van der Waals surface area contributed by atoms with Gasteiger partial charge in [-0.15, -0.1) is 0 Å². The van der Waals surface area contributed by atoms with E-state index in [4.69, 9.17) is 5.73 Å². The molecular weight excluding hydrogens is 284 g/mol. The number of nitrogens with one attached hydrogen (secondary N) is 2. The Kier molecular flexibility index (Phi) is 4.18. The van der Waals surface area contributed by atoms with Gasteiger partial charge in [-0.1, -0.05) is 23.5 Å². The normalized spacial score (nSPS) is 11.2. The fourth-order valence-electron chi connectivity index (χ4n) is 1.78. The van der Waals surface area contributed by atoms with Crippen molar-refractivity contribution < 1.29 is 4.79 Å². The van der Waals surface area contributed by atoms with E-state index in [1.54, 1.807) is 0 Å². The smallest absolute Gasteiger partial charge is 0.269 e. The molecule has 0 unspecified atom stereocenters. The summed E-state index contributed by atoms with van der Waals surface area (Å²) in [5.41, 5.74) is 7.54. The number of rotatable bonds is 3. The number of amides is 1. The Morgan fingerprint density at radius 1 is 1.33 bits per heavy atom. The zero-order chi connectivity index (χ0) is 15.6. The number of carbonyl (C=O) groups is 1. The number of nitrogens with zero attached hydrogens (tertiary/aromatic N) is 1. The van der Waals surface area contributed by atoms with Crippen LogP contribution >= 0.6 is 11.3 Å². The number of hydrogen-bond donors (Lipinski definition) is 3. The van der Waals surface area contributed by atoms with Crippen molar-refractivity contribution in [1.29, 1.82) is 0 Å². The van der Waals surface area contributed by atoms with Gasteiger partial charge in [0.05, 0.1) is 0 Å². The molecule has 112 valence electrons. The highest BCUT2D eigenvalue weighted by Gasteiger charge is 2.19. The minimum atomic E-state index is -0.238. The number of carbonyl (C=O) groups excluding carboxylic acids is 1. The molecule has 2 rings (SSSR count). The zero-order valence-electron chi connectivity index (χ0n) is 12.7.